The van der Waals surface area contributed by atoms with Crippen LogP contribution in [-0.4, -0.2) is 36.0 Å². The van der Waals surface area contributed by atoms with Crippen molar-refractivity contribution in [3.8, 4) is 0 Å². The predicted octanol–water partition coefficient (Wildman–Crippen LogP) is 1.24. The highest BCUT2D eigenvalue weighted by molar-refractivity contribution is 5.81. The van der Waals surface area contributed by atoms with Gasteiger partial charge in [0.1, 0.15) is 0 Å². The number of carbonyl (C=O) groups excluding carboxylic acids is 1. The van der Waals surface area contributed by atoms with Gasteiger partial charge in [-0.05, 0) is 13.8 Å². The molecule has 0 aromatic rings. The smallest absolute Gasteiger partial charge is 0.228 e. The van der Waals surface area contributed by atoms with Crippen LogP contribution < -0.4 is 5.32 Å². The minimum absolute atomic E-state index is 0.253. The van der Waals surface area contributed by atoms with Crippen LogP contribution in [0.1, 0.15) is 34.6 Å². The number of nitrogens with zero attached hydrogens (tertiary/aromatic N) is 1. The molecule has 0 aromatic heterocycles. The zero-order valence-corrected chi connectivity index (χ0v) is 9.92. The third-order valence-corrected chi connectivity index (χ3v) is 2.49. The van der Waals surface area contributed by atoms with Crippen LogP contribution in [0.4, 0.5) is 0 Å². The van der Waals surface area contributed by atoms with Gasteiger partial charge in [-0.25, -0.2) is 0 Å². The monoisotopic (exact) mass is 198 g/mol. The van der Waals surface area contributed by atoms with Crippen LogP contribution in [0.25, 0.3) is 0 Å². The first kappa shape index (κ1) is 11.5. The van der Waals surface area contributed by atoms with E-state index in [1.807, 2.05) is 25.7 Å². The van der Waals surface area contributed by atoms with Gasteiger partial charge in [-0.2, -0.15) is 0 Å². The van der Waals surface area contributed by atoms with Gasteiger partial charge >= 0.3 is 0 Å². The van der Waals surface area contributed by atoms with Gasteiger partial charge in [-0.1, -0.05) is 20.8 Å². The molecule has 3 heteroatoms. The number of carbonyl (C=O) groups is 1. The van der Waals surface area contributed by atoms with Crippen molar-refractivity contribution in [3.05, 3.63) is 0 Å². The molecule has 1 fully saturated rings. The van der Waals surface area contributed by atoms with E-state index in [1.54, 1.807) is 0 Å². The molecule has 0 aliphatic carbocycles. The Hall–Kier alpha value is -0.570. The Morgan fingerprint density at radius 2 is 1.64 bits per heavy atom. The summed E-state index contributed by atoms with van der Waals surface area (Å²) in [4.78, 5) is 14.0. The van der Waals surface area contributed by atoms with Crippen LogP contribution in [-0.2, 0) is 4.79 Å². The molecule has 1 rings (SSSR count). The number of nitrogens with one attached hydrogen (secondary N) is 1. The zero-order chi connectivity index (χ0) is 10.9. The molecule has 0 radical (unpaired) electrons. The number of rotatable bonds is 0. The molecular weight excluding hydrogens is 176 g/mol. The molecule has 0 unspecified atom stereocenters. The quantitative estimate of drug-likeness (QED) is 0.635. The second kappa shape index (κ2) is 3.89. The summed E-state index contributed by atoms with van der Waals surface area (Å²) >= 11 is 0. The Morgan fingerprint density at radius 3 is 2.00 bits per heavy atom. The molecule has 14 heavy (non-hydrogen) atoms. The number of hydrogen-bond acceptors (Lipinski definition) is 2. The van der Waals surface area contributed by atoms with Crippen LogP contribution in [0, 0.1) is 5.41 Å². The lowest BCUT2D eigenvalue weighted by atomic mass is 9.93. The number of amides is 1. The van der Waals surface area contributed by atoms with Gasteiger partial charge < -0.3 is 10.2 Å². The highest BCUT2D eigenvalue weighted by Crippen LogP contribution is 2.19. The van der Waals surface area contributed by atoms with Gasteiger partial charge in [0.25, 0.3) is 0 Å². The first-order valence-corrected chi connectivity index (χ1v) is 5.36. The summed E-state index contributed by atoms with van der Waals surface area (Å²) < 4.78 is 0. The van der Waals surface area contributed by atoms with Crippen LogP contribution in [0.5, 0.6) is 0 Å². The lowest BCUT2D eigenvalue weighted by Gasteiger charge is -2.39. The van der Waals surface area contributed by atoms with E-state index < -0.39 is 0 Å². The van der Waals surface area contributed by atoms with Crippen LogP contribution in [0.15, 0.2) is 0 Å². The van der Waals surface area contributed by atoms with E-state index in [0.717, 1.165) is 13.1 Å². The van der Waals surface area contributed by atoms with Crippen molar-refractivity contribution in [1.29, 1.82) is 0 Å². The molecule has 0 spiro atoms. The van der Waals surface area contributed by atoms with Crippen molar-refractivity contribution >= 4 is 5.91 Å². The van der Waals surface area contributed by atoms with Gasteiger partial charge in [0.15, 0.2) is 0 Å². The summed E-state index contributed by atoms with van der Waals surface area (Å²) in [7, 11) is 0. The molecule has 1 saturated heterocycles. The molecule has 3 nitrogen and oxygen atoms in total. The summed E-state index contributed by atoms with van der Waals surface area (Å²) in [6.45, 7) is 11.9. The summed E-state index contributed by atoms with van der Waals surface area (Å²) in [6, 6.07) is 0.815. The maximum atomic E-state index is 12.0. The Bertz CT molecular complexity index is 210. The van der Waals surface area contributed by atoms with Crippen LogP contribution in [0.3, 0.4) is 0 Å². The fourth-order valence-electron chi connectivity index (χ4n) is 1.97. The zero-order valence-electron chi connectivity index (χ0n) is 9.92. The predicted molar refractivity (Wildman–Crippen MR) is 58.1 cm³/mol. The second-order valence-corrected chi connectivity index (χ2v) is 5.43. The third-order valence-electron chi connectivity index (χ3n) is 2.49. The standard InChI is InChI=1S/C11H22N2O/c1-8-6-13(7-9(2)12-8)10(14)11(3,4)5/h8-9,12H,6-7H2,1-5H3/t8-,9-/m0/s1. The Morgan fingerprint density at radius 1 is 1.21 bits per heavy atom. The summed E-state index contributed by atoms with van der Waals surface area (Å²) in [6.07, 6.45) is 0. The molecule has 1 amide bonds. The van der Waals surface area contributed by atoms with Gasteiger partial charge in [-0.3, -0.25) is 4.79 Å². The molecular formula is C11H22N2O. The molecule has 1 aliphatic heterocycles. The maximum Gasteiger partial charge on any atom is 0.228 e. The van der Waals surface area contributed by atoms with Crippen LogP contribution >= 0.6 is 0 Å². The molecule has 1 heterocycles. The first-order valence-electron chi connectivity index (χ1n) is 5.36. The van der Waals surface area contributed by atoms with Crippen LogP contribution in [0.2, 0.25) is 0 Å². The highest BCUT2D eigenvalue weighted by atomic mass is 16.2. The minimum atomic E-state index is -0.253. The van der Waals surface area contributed by atoms with Crippen molar-refractivity contribution < 1.29 is 4.79 Å². The van der Waals surface area contributed by atoms with E-state index in [4.69, 9.17) is 0 Å². The Labute approximate surface area is 86.9 Å². The average Bonchev–Trinajstić information content (AvgIpc) is 1.99. The molecule has 0 aromatic carbocycles. The van der Waals surface area contributed by atoms with Crippen molar-refractivity contribution in [2.24, 2.45) is 5.41 Å². The van der Waals surface area contributed by atoms with E-state index in [-0.39, 0.29) is 11.3 Å². The van der Waals surface area contributed by atoms with E-state index in [2.05, 4.69) is 19.2 Å². The number of hydrogen-bond donors (Lipinski definition) is 1. The van der Waals surface area contributed by atoms with E-state index in [1.165, 1.54) is 0 Å². The van der Waals surface area contributed by atoms with E-state index in [9.17, 15) is 4.79 Å². The Kier molecular flexibility index (Phi) is 3.20. The van der Waals surface area contributed by atoms with Gasteiger partial charge in [-0.15, -0.1) is 0 Å². The second-order valence-electron chi connectivity index (χ2n) is 5.43. The lowest BCUT2D eigenvalue weighted by Crippen LogP contribution is -2.57. The SMILES string of the molecule is C[C@H]1CN(C(=O)C(C)(C)C)C[C@H](C)N1. The van der Waals surface area contributed by atoms with Crippen molar-refractivity contribution in [2.45, 2.75) is 46.7 Å². The number of piperazine rings is 1. The average molecular weight is 198 g/mol. The minimum Gasteiger partial charge on any atom is -0.339 e. The molecule has 0 saturated carbocycles. The molecule has 0 bridgehead atoms. The normalized spacial score (nSPS) is 29.1. The largest absolute Gasteiger partial charge is 0.339 e. The van der Waals surface area contributed by atoms with Gasteiger partial charge in [0.05, 0.1) is 0 Å². The lowest BCUT2D eigenvalue weighted by molar-refractivity contribution is -0.141. The van der Waals surface area contributed by atoms with Gasteiger partial charge in [0, 0.05) is 30.6 Å². The topological polar surface area (TPSA) is 32.3 Å². The maximum absolute atomic E-state index is 12.0. The molecule has 1 N–H and O–H groups in total. The Balaban J connectivity index is 2.64. The third kappa shape index (κ3) is 2.71. The summed E-state index contributed by atoms with van der Waals surface area (Å²) in [5, 5.41) is 3.42. The summed E-state index contributed by atoms with van der Waals surface area (Å²) in [5.41, 5.74) is -0.253. The van der Waals surface area contributed by atoms with E-state index >= 15 is 0 Å². The molecule has 2 atom stereocenters. The van der Waals surface area contributed by atoms with E-state index in [0.29, 0.717) is 12.1 Å². The first-order chi connectivity index (χ1) is 6.30. The molecule has 82 valence electrons. The van der Waals surface area contributed by atoms with Crippen molar-refractivity contribution in [2.75, 3.05) is 13.1 Å². The fourth-order valence-corrected chi connectivity index (χ4v) is 1.97. The van der Waals surface area contributed by atoms with Crippen molar-refractivity contribution in [1.82, 2.24) is 10.2 Å². The molecule has 1 aliphatic rings. The summed E-state index contributed by atoms with van der Waals surface area (Å²) in [5.74, 6) is 0.262. The van der Waals surface area contributed by atoms with Crippen molar-refractivity contribution in [3.63, 3.8) is 0 Å². The van der Waals surface area contributed by atoms with Gasteiger partial charge in [0.2, 0.25) is 5.91 Å². The highest BCUT2D eigenvalue weighted by Gasteiger charge is 2.31. The fraction of sp³-hybridized carbons (Fsp3) is 0.909.